The number of hydrogen-bond acceptors (Lipinski definition) is 4. The summed E-state index contributed by atoms with van der Waals surface area (Å²) in [6.07, 6.45) is 0.825. The lowest BCUT2D eigenvalue weighted by molar-refractivity contribution is 0.153. The van der Waals surface area contributed by atoms with Crippen LogP contribution in [0.2, 0.25) is 0 Å². The molecular weight excluding hydrogens is 421 g/mol. The average Bonchev–Trinajstić information content (AvgIpc) is 3.12. The van der Waals surface area contributed by atoms with Gasteiger partial charge in [-0.05, 0) is 36.8 Å². The Balaban J connectivity index is 0.00000288. The van der Waals surface area contributed by atoms with E-state index in [-0.39, 0.29) is 24.0 Å². The van der Waals surface area contributed by atoms with Crippen molar-refractivity contribution in [1.29, 1.82) is 0 Å². The molecule has 1 unspecified atom stereocenters. The van der Waals surface area contributed by atoms with Crippen molar-refractivity contribution in [2.45, 2.75) is 19.6 Å². The number of nitrogens with zero attached hydrogens (tertiary/aromatic N) is 1. The quantitative estimate of drug-likeness (QED) is 0.347. The number of guanidine groups is 1. The molecule has 6 nitrogen and oxygen atoms in total. The van der Waals surface area contributed by atoms with Crippen LogP contribution in [0, 0.1) is 0 Å². The molecule has 0 radical (unpaired) electrons. The zero-order valence-corrected chi connectivity index (χ0v) is 16.2. The lowest BCUT2D eigenvalue weighted by Crippen LogP contribution is -2.39. The Labute approximate surface area is 159 Å². The van der Waals surface area contributed by atoms with Gasteiger partial charge in [-0.2, -0.15) is 0 Å². The SMILES string of the molecule is CCNC(=NCc1cccc(OC)c1)NCC(O)c1ccco1.I. The first-order chi connectivity index (χ1) is 11.2. The smallest absolute Gasteiger partial charge is 0.191 e. The summed E-state index contributed by atoms with van der Waals surface area (Å²) in [4.78, 5) is 4.51. The molecule has 0 aliphatic heterocycles. The number of aliphatic hydroxyl groups excluding tert-OH is 1. The van der Waals surface area contributed by atoms with Crippen molar-refractivity contribution in [3.8, 4) is 5.75 Å². The number of methoxy groups -OCH3 is 1. The second kappa shape index (κ2) is 10.9. The lowest BCUT2D eigenvalue weighted by atomic mass is 10.2. The third-order valence-electron chi connectivity index (χ3n) is 3.23. The predicted molar refractivity (Wildman–Crippen MR) is 105 cm³/mol. The molecule has 0 aliphatic rings. The van der Waals surface area contributed by atoms with Gasteiger partial charge in [-0.1, -0.05) is 12.1 Å². The molecule has 0 bridgehead atoms. The summed E-state index contributed by atoms with van der Waals surface area (Å²) in [5.74, 6) is 1.98. The van der Waals surface area contributed by atoms with E-state index in [2.05, 4.69) is 15.6 Å². The molecule has 7 heteroatoms. The van der Waals surface area contributed by atoms with Gasteiger partial charge in [0.25, 0.3) is 0 Å². The van der Waals surface area contributed by atoms with Gasteiger partial charge in [0.1, 0.15) is 17.6 Å². The topological polar surface area (TPSA) is 79.0 Å². The molecule has 1 aromatic heterocycles. The van der Waals surface area contributed by atoms with Crippen molar-refractivity contribution >= 4 is 29.9 Å². The van der Waals surface area contributed by atoms with Crippen molar-refractivity contribution in [2.24, 2.45) is 4.99 Å². The molecule has 0 spiro atoms. The van der Waals surface area contributed by atoms with Crippen LogP contribution in [0.4, 0.5) is 0 Å². The molecule has 0 fully saturated rings. The first kappa shape index (κ1) is 20.3. The van der Waals surface area contributed by atoms with Crippen LogP contribution in [0.3, 0.4) is 0 Å². The van der Waals surface area contributed by atoms with Gasteiger partial charge in [0, 0.05) is 6.54 Å². The highest BCUT2D eigenvalue weighted by Gasteiger charge is 2.10. The Hall–Kier alpha value is -1.74. The Morgan fingerprint density at radius 3 is 2.79 bits per heavy atom. The number of benzene rings is 1. The molecule has 0 aliphatic carbocycles. The standard InChI is InChI=1S/C17H23N3O3.HI/c1-3-18-17(20-12-15(21)16-8-5-9-23-16)19-11-13-6-4-7-14(10-13)22-2;/h4-10,15,21H,3,11-12H2,1-2H3,(H2,18,19,20);1H. The van der Waals surface area contributed by atoms with Crippen LogP contribution in [0.25, 0.3) is 0 Å². The van der Waals surface area contributed by atoms with Crippen molar-refractivity contribution < 1.29 is 14.3 Å². The maximum atomic E-state index is 10.0. The summed E-state index contributed by atoms with van der Waals surface area (Å²) in [7, 11) is 1.64. The Morgan fingerprint density at radius 1 is 1.29 bits per heavy atom. The monoisotopic (exact) mass is 445 g/mol. The Bertz CT molecular complexity index is 617. The maximum absolute atomic E-state index is 10.0. The van der Waals surface area contributed by atoms with Crippen LogP contribution in [0.5, 0.6) is 5.75 Å². The summed E-state index contributed by atoms with van der Waals surface area (Å²) in [5, 5.41) is 16.3. The molecule has 24 heavy (non-hydrogen) atoms. The van der Waals surface area contributed by atoms with Crippen molar-refractivity contribution in [3.05, 3.63) is 54.0 Å². The summed E-state index contributed by atoms with van der Waals surface area (Å²) in [6, 6.07) is 11.3. The van der Waals surface area contributed by atoms with Gasteiger partial charge in [0.05, 0.1) is 26.5 Å². The van der Waals surface area contributed by atoms with E-state index >= 15 is 0 Å². The van der Waals surface area contributed by atoms with Gasteiger partial charge in [-0.3, -0.25) is 0 Å². The van der Waals surface area contributed by atoms with Crippen LogP contribution in [-0.2, 0) is 6.54 Å². The summed E-state index contributed by atoms with van der Waals surface area (Å²) >= 11 is 0. The van der Waals surface area contributed by atoms with Gasteiger partial charge < -0.3 is 24.9 Å². The van der Waals surface area contributed by atoms with Gasteiger partial charge in [0.2, 0.25) is 0 Å². The minimum absolute atomic E-state index is 0. The summed E-state index contributed by atoms with van der Waals surface area (Å²) < 4.78 is 10.4. The number of aliphatic imine (C=N–C) groups is 1. The van der Waals surface area contributed by atoms with E-state index < -0.39 is 6.10 Å². The number of furan rings is 1. The third kappa shape index (κ3) is 6.40. The largest absolute Gasteiger partial charge is 0.497 e. The third-order valence-corrected chi connectivity index (χ3v) is 3.23. The van der Waals surface area contributed by atoms with Gasteiger partial charge in [0.15, 0.2) is 5.96 Å². The highest BCUT2D eigenvalue weighted by Crippen LogP contribution is 2.13. The van der Waals surface area contributed by atoms with E-state index in [0.717, 1.165) is 17.9 Å². The molecule has 0 saturated carbocycles. The number of hydrogen-bond donors (Lipinski definition) is 3. The summed E-state index contributed by atoms with van der Waals surface area (Å²) in [5.41, 5.74) is 1.05. The van der Waals surface area contributed by atoms with Crippen molar-refractivity contribution in [2.75, 3.05) is 20.2 Å². The maximum Gasteiger partial charge on any atom is 0.191 e. The molecule has 1 heterocycles. The molecule has 0 amide bonds. The van der Waals surface area contributed by atoms with Crippen LogP contribution < -0.4 is 15.4 Å². The van der Waals surface area contributed by atoms with E-state index in [9.17, 15) is 5.11 Å². The highest BCUT2D eigenvalue weighted by atomic mass is 127. The minimum Gasteiger partial charge on any atom is -0.497 e. The molecule has 2 aromatic rings. The highest BCUT2D eigenvalue weighted by molar-refractivity contribution is 14.0. The van der Waals surface area contributed by atoms with Crippen LogP contribution in [0.15, 0.2) is 52.1 Å². The van der Waals surface area contributed by atoms with E-state index in [1.807, 2.05) is 31.2 Å². The number of aliphatic hydroxyl groups is 1. The molecule has 3 N–H and O–H groups in total. The molecular formula is C17H24IN3O3. The van der Waals surface area contributed by atoms with E-state index in [1.54, 1.807) is 25.5 Å². The molecule has 132 valence electrons. The summed E-state index contributed by atoms with van der Waals surface area (Å²) in [6.45, 7) is 3.56. The molecule has 1 aromatic carbocycles. The zero-order valence-electron chi connectivity index (χ0n) is 13.9. The average molecular weight is 445 g/mol. The minimum atomic E-state index is -0.717. The van der Waals surface area contributed by atoms with Crippen LogP contribution in [0.1, 0.15) is 24.4 Å². The fourth-order valence-corrected chi connectivity index (χ4v) is 2.06. The van der Waals surface area contributed by atoms with E-state index in [0.29, 0.717) is 24.8 Å². The van der Waals surface area contributed by atoms with Gasteiger partial charge in [-0.25, -0.2) is 4.99 Å². The predicted octanol–water partition coefficient (Wildman–Crippen LogP) is 2.69. The second-order valence-electron chi connectivity index (χ2n) is 4.96. The first-order valence-electron chi connectivity index (χ1n) is 7.59. The fourth-order valence-electron chi connectivity index (χ4n) is 2.06. The number of rotatable bonds is 7. The number of nitrogens with one attached hydrogen (secondary N) is 2. The normalized spacial score (nSPS) is 12.2. The Kier molecular flexibility index (Phi) is 9.24. The molecule has 1 atom stereocenters. The van der Waals surface area contributed by atoms with Crippen LogP contribution in [-0.4, -0.2) is 31.3 Å². The van der Waals surface area contributed by atoms with Crippen molar-refractivity contribution in [1.82, 2.24) is 10.6 Å². The van der Waals surface area contributed by atoms with Gasteiger partial charge in [-0.15, -0.1) is 24.0 Å². The van der Waals surface area contributed by atoms with Crippen LogP contribution >= 0.6 is 24.0 Å². The zero-order chi connectivity index (χ0) is 16.5. The fraction of sp³-hybridized carbons (Fsp3) is 0.353. The van der Waals surface area contributed by atoms with E-state index in [1.165, 1.54) is 0 Å². The first-order valence-corrected chi connectivity index (χ1v) is 7.59. The second-order valence-corrected chi connectivity index (χ2v) is 4.96. The Morgan fingerprint density at radius 2 is 2.12 bits per heavy atom. The van der Waals surface area contributed by atoms with Gasteiger partial charge >= 0.3 is 0 Å². The number of halogens is 1. The number of ether oxygens (including phenoxy) is 1. The lowest BCUT2D eigenvalue weighted by Gasteiger charge is -2.14. The molecule has 0 saturated heterocycles. The van der Waals surface area contributed by atoms with E-state index in [4.69, 9.17) is 9.15 Å². The molecule has 2 rings (SSSR count). The van der Waals surface area contributed by atoms with Crippen molar-refractivity contribution in [3.63, 3.8) is 0 Å².